The number of methoxy groups -OCH3 is 1. The summed E-state index contributed by atoms with van der Waals surface area (Å²) in [6.07, 6.45) is 0.740. The van der Waals surface area contributed by atoms with Crippen molar-refractivity contribution in [2.24, 2.45) is 0 Å². The molecule has 0 unspecified atom stereocenters. The summed E-state index contributed by atoms with van der Waals surface area (Å²) in [4.78, 5) is 36.0. The van der Waals surface area contributed by atoms with Gasteiger partial charge in [-0.1, -0.05) is 18.2 Å². The van der Waals surface area contributed by atoms with Crippen LogP contribution in [0.5, 0.6) is 0 Å². The summed E-state index contributed by atoms with van der Waals surface area (Å²) in [5.74, 6) is -0.868. The summed E-state index contributed by atoms with van der Waals surface area (Å²) in [6.45, 7) is 0.406. The normalized spacial score (nSPS) is 10.0. The smallest absolute Gasteiger partial charge is 0.339 e. The maximum absolute atomic E-state index is 12.0. The lowest BCUT2D eigenvalue weighted by atomic mass is 10.1. The fourth-order valence-electron chi connectivity index (χ4n) is 2.04. The van der Waals surface area contributed by atoms with Gasteiger partial charge in [-0.05, 0) is 30.0 Å². The highest BCUT2D eigenvalue weighted by Gasteiger charge is 2.13. The molecule has 24 heavy (non-hydrogen) atoms. The van der Waals surface area contributed by atoms with E-state index in [0.717, 1.165) is 0 Å². The Labute approximate surface area is 143 Å². The van der Waals surface area contributed by atoms with Gasteiger partial charge in [0.1, 0.15) is 0 Å². The number of thiophene rings is 1. The number of nitrogens with one attached hydrogen (secondary N) is 2. The Bertz CT molecular complexity index is 713. The van der Waals surface area contributed by atoms with Crippen LogP contribution >= 0.6 is 11.3 Å². The van der Waals surface area contributed by atoms with Gasteiger partial charge in [-0.2, -0.15) is 0 Å². The molecule has 0 fully saturated rings. The Hall–Kier alpha value is -2.67. The molecule has 1 aromatic heterocycles. The zero-order valence-corrected chi connectivity index (χ0v) is 14.0. The van der Waals surface area contributed by atoms with Gasteiger partial charge in [-0.25, -0.2) is 4.79 Å². The van der Waals surface area contributed by atoms with E-state index in [2.05, 4.69) is 15.4 Å². The highest BCUT2D eigenvalue weighted by Crippen LogP contribution is 2.16. The maximum atomic E-state index is 12.0. The molecule has 0 radical (unpaired) electrons. The number of anilines is 1. The zero-order valence-electron chi connectivity index (χ0n) is 13.2. The van der Waals surface area contributed by atoms with Crippen LogP contribution in [-0.2, 0) is 9.53 Å². The van der Waals surface area contributed by atoms with E-state index in [1.165, 1.54) is 18.4 Å². The van der Waals surface area contributed by atoms with Gasteiger partial charge in [0.05, 0.1) is 23.2 Å². The molecule has 6 nitrogen and oxygen atoms in total. The molecule has 0 aliphatic carbocycles. The minimum absolute atomic E-state index is 0.138. The molecule has 0 aliphatic rings. The molecule has 126 valence electrons. The molecule has 1 aromatic carbocycles. The summed E-state index contributed by atoms with van der Waals surface area (Å²) < 4.78 is 4.68. The van der Waals surface area contributed by atoms with Crippen LogP contribution in [-0.4, -0.2) is 31.4 Å². The van der Waals surface area contributed by atoms with Crippen molar-refractivity contribution in [3.63, 3.8) is 0 Å². The molecule has 0 spiro atoms. The number of carbonyl (C=O) groups excluding carboxylic acids is 3. The summed E-state index contributed by atoms with van der Waals surface area (Å²) in [6, 6.07) is 10.2. The number of ether oxygens (including phenoxy) is 1. The van der Waals surface area contributed by atoms with E-state index in [1.807, 2.05) is 11.4 Å². The van der Waals surface area contributed by atoms with E-state index in [1.54, 1.807) is 30.3 Å². The van der Waals surface area contributed by atoms with E-state index in [-0.39, 0.29) is 18.2 Å². The number of carbonyl (C=O) groups is 3. The molecule has 2 rings (SSSR count). The second kappa shape index (κ2) is 8.83. The lowest BCUT2D eigenvalue weighted by Gasteiger charge is -2.09. The van der Waals surface area contributed by atoms with Gasteiger partial charge in [0.2, 0.25) is 5.91 Å². The number of amides is 2. The first-order chi connectivity index (χ1) is 11.6. The van der Waals surface area contributed by atoms with Gasteiger partial charge in [0.25, 0.3) is 5.91 Å². The first kappa shape index (κ1) is 17.7. The molecule has 0 atom stereocenters. The van der Waals surface area contributed by atoms with E-state index < -0.39 is 5.97 Å². The third kappa shape index (κ3) is 4.92. The highest BCUT2D eigenvalue weighted by atomic mass is 32.1. The number of rotatable bonds is 7. The Kier molecular flexibility index (Phi) is 6.51. The van der Waals surface area contributed by atoms with Crippen LogP contribution in [0, 0.1) is 0 Å². The minimum atomic E-state index is -0.505. The van der Waals surface area contributed by atoms with Crippen molar-refractivity contribution in [3.05, 3.63) is 52.2 Å². The second-order valence-corrected chi connectivity index (χ2v) is 5.87. The Morgan fingerprint density at radius 2 is 1.92 bits per heavy atom. The molecular formula is C17H18N2O4S. The van der Waals surface area contributed by atoms with Crippen LogP contribution < -0.4 is 10.6 Å². The molecule has 0 bridgehead atoms. The zero-order chi connectivity index (χ0) is 17.4. The minimum Gasteiger partial charge on any atom is -0.465 e. The summed E-state index contributed by atoms with van der Waals surface area (Å²) >= 11 is 1.37. The number of esters is 1. The molecular weight excluding hydrogens is 328 g/mol. The van der Waals surface area contributed by atoms with Crippen molar-refractivity contribution < 1.29 is 19.1 Å². The SMILES string of the molecule is COC(=O)c1ccccc1NC(=O)CCCNC(=O)c1cccs1. The molecule has 1 heterocycles. The molecule has 0 aliphatic heterocycles. The van der Waals surface area contributed by atoms with Gasteiger partial charge in [-0.3, -0.25) is 9.59 Å². The van der Waals surface area contributed by atoms with Crippen molar-refractivity contribution in [1.82, 2.24) is 5.32 Å². The highest BCUT2D eigenvalue weighted by molar-refractivity contribution is 7.12. The monoisotopic (exact) mass is 346 g/mol. The Balaban J connectivity index is 1.78. The third-order valence-corrected chi connectivity index (χ3v) is 4.09. The fourth-order valence-corrected chi connectivity index (χ4v) is 2.68. The molecule has 2 N–H and O–H groups in total. The number of benzene rings is 1. The van der Waals surface area contributed by atoms with Gasteiger partial charge >= 0.3 is 5.97 Å². The summed E-state index contributed by atoms with van der Waals surface area (Å²) in [5, 5.41) is 7.29. The average Bonchev–Trinajstić information content (AvgIpc) is 3.13. The van der Waals surface area contributed by atoms with Crippen molar-refractivity contribution >= 4 is 34.8 Å². The van der Waals surface area contributed by atoms with Gasteiger partial charge in [0, 0.05) is 13.0 Å². The fraction of sp³-hybridized carbons (Fsp3) is 0.235. The maximum Gasteiger partial charge on any atom is 0.339 e. The molecule has 0 saturated heterocycles. The first-order valence-electron chi connectivity index (χ1n) is 7.40. The van der Waals surface area contributed by atoms with Crippen molar-refractivity contribution in [3.8, 4) is 0 Å². The van der Waals surface area contributed by atoms with E-state index >= 15 is 0 Å². The van der Waals surface area contributed by atoms with Crippen LogP contribution in [0.4, 0.5) is 5.69 Å². The quantitative estimate of drug-likeness (QED) is 0.596. The van der Waals surface area contributed by atoms with E-state index in [9.17, 15) is 14.4 Å². The molecule has 2 aromatic rings. The van der Waals surface area contributed by atoms with E-state index in [0.29, 0.717) is 29.1 Å². The number of hydrogen-bond acceptors (Lipinski definition) is 5. The van der Waals surface area contributed by atoms with E-state index in [4.69, 9.17) is 0 Å². The average molecular weight is 346 g/mol. The van der Waals surface area contributed by atoms with Gasteiger partial charge < -0.3 is 15.4 Å². The van der Waals surface area contributed by atoms with Crippen LogP contribution in [0.2, 0.25) is 0 Å². The number of hydrogen-bond donors (Lipinski definition) is 2. The first-order valence-corrected chi connectivity index (χ1v) is 8.28. The largest absolute Gasteiger partial charge is 0.465 e. The van der Waals surface area contributed by atoms with Crippen LogP contribution in [0.3, 0.4) is 0 Å². The lowest BCUT2D eigenvalue weighted by molar-refractivity contribution is -0.116. The summed E-state index contributed by atoms with van der Waals surface area (Å²) in [7, 11) is 1.29. The summed E-state index contributed by atoms with van der Waals surface area (Å²) in [5.41, 5.74) is 0.719. The van der Waals surface area contributed by atoms with Crippen LogP contribution in [0.15, 0.2) is 41.8 Å². The lowest BCUT2D eigenvalue weighted by Crippen LogP contribution is -2.24. The van der Waals surface area contributed by atoms with Crippen molar-refractivity contribution in [1.29, 1.82) is 0 Å². The molecule has 7 heteroatoms. The predicted molar refractivity (Wildman–Crippen MR) is 92.3 cm³/mol. The molecule has 2 amide bonds. The standard InChI is InChI=1S/C17H18N2O4S/c1-23-17(22)12-6-2-3-7-13(12)19-15(20)9-4-10-18-16(21)14-8-5-11-24-14/h2-3,5-8,11H,4,9-10H2,1H3,(H,18,21)(H,19,20). The van der Waals surface area contributed by atoms with Gasteiger partial charge in [0.15, 0.2) is 0 Å². The number of para-hydroxylation sites is 1. The van der Waals surface area contributed by atoms with Crippen molar-refractivity contribution in [2.75, 3.05) is 19.0 Å². The Morgan fingerprint density at radius 3 is 2.62 bits per heavy atom. The Morgan fingerprint density at radius 1 is 1.12 bits per heavy atom. The van der Waals surface area contributed by atoms with Gasteiger partial charge in [-0.15, -0.1) is 11.3 Å². The van der Waals surface area contributed by atoms with Crippen molar-refractivity contribution in [2.45, 2.75) is 12.8 Å². The van der Waals surface area contributed by atoms with Crippen LogP contribution in [0.25, 0.3) is 0 Å². The second-order valence-electron chi connectivity index (χ2n) is 4.92. The molecule has 0 saturated carbocycles. The predicted octanol–water partition coefficient (Wildman–Crippen LogP) is 2.68. The third-order valence-electron chi connectivity index (χ3n) is 3.22. The topological polar surface area (TPSA) is 84.5 Å². The van der Waals surface area contributed by atoms with Crippen LogP contribution in [0.1, 0.15) is 32.9 Å².